The second kappa shape index (κ2) is 4.20. The van der Waals surface area contributed by atoms with E-state index >= 15 is 0 Å². The molecule has 0 aliphatic carbocycles. The Morgan fingerprint density at radius 3 is 2.46 bits per heavy atom. The van der Waals surface area contributed by atoms with Crippen molar-refractivity contribution in [3.05, 3.63) is 29.8 Å². The van der Waals surface area contributed by atoms with Gasteiger partial charge in [0.05, 0.1) is 0 Å². The van der Waals surface area contributed by atoms with Gasteiger partial charge in [0.15, 0.2) is 0 Å². The van der Waals surface area contributed by atoms with Crippen LogP contribution in [0.3, 0.4) is 0 Å². The van der Waals surface area contributed by atoms with Crippen LogP contribution >= 0.6 is 0 Å². The molecule has 0 nitrogen and oxygen atoms in total. The SMILES string of the molecule is [Li][c]1cccc(C#C[Si](C)(C)C)c1. The van der Waals surface area contributed by atoms with Crippen LogP contribution in [0.4, 0.5) is 0 Å². The summed E-state index contributed by atoms with van der Waals surface area (Å²) in [6.45, 7) is 6.78. The number of hydrogen-bond acceptors (Lipinski definition) is 0. The van der Waals surface area contributed by atoms with Gasteiger partial charge in [0.2, 0.25) is 0 Å². The van der Waals surface area contributed by atoms with Gasteiger partial charge in [0, 0.05) is 0 Å². The van der Waals surface area contributed by atoms with E-state index in [9.17, 15) is 0 Å². The molecule has 1 aromatic carbocycles. The molecule has 0 aliphatic heterocycles. The summed E-state index contributed by atoms with van der Waals surface area (Å²) in [5.41, 5.74) is 4.50. The van der Waals surface area contributed by atoms with Crippen molar-refractivity contribution in [1.82, 2.24) is 0 Å². The van der Waals surface area contributed by atoms with Crippen molar-refractivity contribution in [1.29, 1.82) is 0 Å². The van der Waals surface area contributed by atoms with Crippen molar-refractivity contribution in [2.75, 3.05) is 0 Å². The number of rotatable bonds is 0. The fourth-order valence-corrected chi connectivity index (χ4v) is 1.50. The van der Waals surface area contributed by atoms with E-state index in [1.807, 2.05) is 0 Å². The van der Waals surface area contributed by atoms with Crippen LogP contribution in [0.1, 0.15) is 5.56 Å². The third-order valence-electron chi connectivity index (χ3n) is 1.60. The van der Waals surface area contributed by atoms with Gasteiger partial charge in [-0.2, -0.15) is 0 Å². The molecule has 0 radical (unpaired) electrons. The summed E-state index contributed by atoms with van der Waals surface area (Å²) in [7, 11) is -1.22. The molecule has 1 aromatic rings. The van der Waals surface area contributed by atoms with Crippen molar-refractivity contribution in [2.45, 2.75) is 19.6 Å². The molecule has 0 aliphatic rings. The van der Waals surface area contributed by atoms with Crippen molar-refractivity contribution in [2.24, 2.45) is 0 Å². The molecule has 62 valence electrons. The average Bonchev–Trinajstić information content (AvgIpc) is 2.00. The van der Waals surface area contributed by atoms with Crippen molar-refractivity contribution in [3.8, 4) is 11.5 Å². The standard InChI is InChI=1S/C11H13Si.Li/c1-12(2,3)10-9-11-7-5-4-6-8-11;/h4-5,7-8H,1-3H3;. The molecule has 13 heavy (non-hydrogen) atoms. The Balaban J connectivity index is 2.90. The molecule has 0 amide bonds. The van der Waals surface area contributed by atoms with E-state index in [1.165, 1.54) is 4.24 Å². The van der Waals surface area contributed by atoms with Gasteiger partial charge in [-0.05, 0) is 0 Å². The summed E-state index contributed by atoms with van der Waals surface area (Å²) in [6, 6.07) is 8.36. The van der Waals surface area contributed by atoms with Crippen LogP contribution in [0, 0.1) is 11.5 Å². The summed E-state index contributed by atoms with van der Waals surface area (Å²) in [5.74, 6) is 3.24. The monoisotopic (exact) mass is 180 g/mol. The molecule has 2 heteroatoms. The minimum atomic E-state index is -1.22. The Hall–Kier alpha value is -0.406. The second-order valence-corrected chi connectivity index (χ2v) is 9.12. The topological polar surface area (TPSA) is 0 Å². The third-order valence-corrected chi connectivity index (χ3v) is 2.47. The molecule has 0 atom stereocenters. The van der Waals surface area contributed by atoms with E-state index in [0.717, 1.165) is 5.56 Å². The average molecular weight is 180 g/mol. The Kier molecular flexibility index (Phi) is 3.45. The van der Waals surface area contributed by atoms with Gasteiger partial charge in [-0.15, -0.1) is 0 Å². The number of hydrogen-bond donors (Lipinski definition) is 0. The summed E-state index contributed by atoms with van der Waals surface area (Å²) in [6.07, 6.45) is 0. The van der Waals surface area contributed by atoms with Crippen molar-refractivity contribution < 1.29 is 0 Å². The van der Waals surface area contributed by atoms with Crippen LogP contribution in [0.25, 0.3) is 0 Å². The maximum atomic E-state index is 3.35. The van der Waals surface area contributed by atoms with Gasteiger partial charge < -0.3 is 0 Å². The third kappa shape index (κ3) is 4.39. The Morgan fingerprint density at radius 1 is 1.23 bits per heavy atom. The predicted molar refractivity (Wildman–Crippen MR) is 62.1 cm³/mol. The molecule has 0 saturated carbocycles. The first-order valence-electron chi connectivity index (χ1n) is 4.57. The quantitative estimate of drug-likeness (QED) is 0.421. The molecule has 0 aromatic heterocycles. The van der Waals surface area contributed by atoms with Gasteiger partial charge in [-0.3, -0.25) is 0 Å². The minimum absolute atomic E-state index is 1.14. The Labute approximate surface area is 91.0 Å². The van der Waals surface area contributed by atoms with Gasteiger partial charge in [-0.1, -0.05) is 0 Å². The van der Waals surface area contributed by atoms with Crippen LogP contribution in [-0.2, 0) is 0 Å². The summed E-state index contributed by atoms with van der Waals surface area (Å²) >= 11 is 2.10. The zero-order valence-electron chi connectivity index (χ0n) is 8.81. The van der Waals surface area contributed by atoms with E-state index < -0.39 is 8.07 Å². The van der Waals surface area contributed by atoms with E-state index in [1.54, 1.807) is 0 Å². The van der Waals surface area contributed by atoms with E-state index in [0.29, 0.717) is 0 Å². The van der Waals surface area contributed by atoms with Crippen molar-refractivity contribution in [3.63, 3.8) is 0 Å². The van der Waals surface area contributed by atoms with Crippen LogP contribution in [0.5, 0.6) is 0 Å². The van der Waals surface area contributed by atoms with E-state index in [2.05, 4.69) is 73.1 Å². The maximum absolute atomic E-state index is 3.35. The molecule has 0 spiro atoms. The molecule has 0 fully saturated rings. The van der Waals surface area contributed by atoms with Crippen LogP contribution in [0.15, 0.2) is 24.3 Å². The van der Waals surface area contributed by atoms with E-state index in [-0.39, 0.29) is 0 Å². The van der Waals surface area contributed by atoms with Crippen LogP contribution < -0.4 is 4.24 Å². The molecule has 0 saturated heterocycles. The zero-order chi connectivity index (χ0) is 9.90. The Morgan fingerprint density at radius 2 is 1.92 bits per heavy atom. The van der Waals surface area contributed by atoms with Crippen molar-refractivity contribution >= 4 is 30.0 Å². The van der Waals surface area contributed by atoms with Gasteiger partial charge in [0.1, 0.15) is 0 Å². The first-order valence-corrected chi connectivity index (χ1v) is 8.07. The molecule has 1 rings (SSSR count). The second-order valence-electron chi connectivity index (χ2n) is 4.37. The van der Waals surface area contributed by atoms with Gasteiger partial charge in [0.25, 0.3) is 0 Å². The Bertz CT molecular complexity index is 352. The molecule has 0 unspecified atom stereocenters. The zero-order valence-corrected chi connectivity index (χ0v) is 9.81. The van der Waals surface area contributed by atoms with Gasteiger partial charge in [-0.25, -0.2) is 0 Å². The normalized spacial score (nSPS) is 10.5. The van der Waals surface area contributed by atoms with Crippen LogP contribution in [0.2, 0.25) is 19.6 Å². The first kappa shape index (κ1) is 10.7. The molecule has 0 bridgehead atoms. The summed E-state index contributed by atoms with van der Waals surface area (Å²) in [5, 5.41) is 0. The summed E-state index contributed by atoms with van der Waals surface area (Å²) < 4.78 is 1.28. The molecule has 0 N–H and O–H groups in total. The predicted octanol–water partition coefficient (Wildman–Crippen LogP) is 1.71. The van der Waals surface area contributed by atoms with Gasteiger partial charge >= 0.3 is 91.0 Å². The van der Waals surface area contributed by atoms with E-state index in [4.69, 9.17) is 0 Å². The molecule has 0 heterocycles. The molecular formula is C11H13LiSi. The fraction of sp³-hybridized carbons (Fsp3) is 0.273. The van der Waals surface area contributed by atoms with Crippen LogP contribution in [-0.4, -0.2) is 25.8 Å². The summed E-state index contributed by atoms with van der Waals surface area (Å²) in [4.78, 5) is 0. The number of benzene rings is 1. The fourth-order valence-electron chi connectivity index (χ4n) is 0.982. The first-order chi connectivity index (χ1) is 5.97. The molecular weight excluding hydrogens is 167 g/mol.